The van der Waals surface area contributed by atoms with Gasteiger partial charge in [0.25, 0.3) is 0 Å². The molecule has 0 amide bonds. The first kappa shape index (κ1) is 15.8. The van der Waals surface area contributed by atoms with Crippen LogP contribution in [0.2, 0.25) is 0 Å². The summed E-state index contributed by atoms with van der Waals surface area (Å²) in [7, 11) is 1.69. The topological polar surface area (TPSA) is 57.5 Å². The van der Waals surface area contributed by atoms with Gasteiger partial charge in [-0.25, -0.2) is 0 Å². The summed E-state index contributed by atoms with van der Waals surface area (Å²) in [6, 6.07) is 8.41. The van der Waals surface area contributed by atoms with Gasteiger partial charge in [-0.2, -0.15) is 5.26 Å². The van der Waals surface area contributed by atoms with Gasteiger partial charge in [0.05, 0.1) is 30.6 Å². The molecule has 0 radical (unpaired) electrons. The third-order valence-corrected chi connectivity index (χ3v) is 3.58. The highest BCUT2D eigenvalue weighted by Gasteiger charge is 2.19. The van der Waals surface area contributed by atoms with Gasteiger partial charge in [0.1, 0.15) is 6.07 Å². The summed E-state index contributed by atoms with van der Waals surface area (Å²) in [5.41, 5.74) is 2.86. The molecule has 1 atom stereocenters. The Labute approximate surface area is 126 Å². The van der Waals surface area contributed by atoms with Crippen molar-refractivity contribution in [2.24, 2.45) is 0 Å². The molecule has 0 bridgehead atoms. The van der Waals surface area contributed by atoms with Crippen LogP contribution in [-0.4, -0.2) is 46.1 Å². The van der Waals surface area contributed by atoms with Gasteiger partial charge in [0.2, 0.25) is 0 Å². The first-order chi connectivity index (χ1) is 10.2. The zero-order valence-corrected chi connectivity index (χ0v) is 12.8. The summed E-state index contributed by atoms with van der Waals surface area (Å²) in [5.74, 6) is 0. The summed E-state index contributed by atoms with van der Waals surface area (Å²) in [6.45, 7) is 6.69. The molecule has 0 saturated carbocycles. The molecule has 1 heterocycles. The maximum atomic E-state index is 9.40. The van der Waals surface area contributed by atoms with Gasteiger partial charge in [0, 0.05) is 33.3 Å². The number of hydrogen-bond donors (Lipinski definition) is 1. The number of anilines is 1. The summed E-state index contributed by atoms with van der Waals surface area (Å²) < 4.78 is 10.6. The Hall–Kier alpha value is -1.61. The largest absolute Gasteiger partial charge is 0.383 e. The molecule has 0 spiro atoms. The Bertz CT molecular complexity index is 499. The lowest BCUT2D eigenvalue weighted by molar-refractivity contribution is 0.0532. The Morgan fingerprint density at radius 1 is 1.52 bits per heavy atom. The van der Waals surface area contributed by atoms with E-state index in [1.54, 1.807) is 7.11 Å². The normalized spacial score (nSPS) is 18.5. The van der Waals surface area contributed by atoms with E-state index in [4.69, 9.17) is 9.47 Å². The van der Waals surface area contributed by atoms with Crippen molar-refractivity contribution in [3.8, 4) is 6.07 Å². The van der Waals surface area contributed by atoms with E-state index in [0.29, 0.717) is 13.2 Å². The number of rotatable bonds is 6. The molecule has 1 aliphatic heterocycles. The van der Waals surface area contributed by atoms with Gasteiger partial charge < -0.3 is 19.7 Å². The molecule has 1 aliphatic rings. The Morgan fingerprint density at radius 3 is 3.10 bits per heavy atom. The van der Waals surface area contributed by atoms with E-state index in [2.05, 4.69) is 29.3 Å². The molecule has 1 fully saturated rings. The van der Waals surface area contributed by atoms with Gasteiger partial charge in [-0.15, -0.1) is 0 Å². The summed E-state index contributed by atoms with van der Waals surface area (Å²) in [6.07, 6.45) is 0.209. The number of benzene rings is 1. The van der Waals surface area contributed by atoms with E-state index in [-0.39, 0.29) is 6.10 Å². The van der Waals surface area contributed by atoms with Crippen molar-refractivity contribution >= 4 is 5.69 Å². The maximum Gasteiger partial charge on any atom is 0.101 e. The summed E-state index contributed by atoms with van der Waals surface area (Å²) in [5, 5.41) is 12.7. The number of nitrogens with one attached hydrogen (secondary N) is 1. The number of ether oxygens (including phenoxy) is 2. The van der Waals surface area contributed by atoms with Crippen molar-refractivity contribution < 1.29 is 9.47 Å². The molecule has 1 aromatic carbocycles. The highest BCUT2D eigenvalue weighted by molar-refractivity contribution is 5.60. The second kappa shape index (κ2) is 7.99. The van der Waals surface area contributed by atoms with E-state index in [0.717, 1.165) is 43.0 Å². The molecular weight excluding hydrogens is 266 g/mol. The van der Waals surface area contributed by atoms with E-state index in [9.17, 15) is 5.26 Å². The number of nitriles is 1. The monoisotopic (exact) mass is 289 g/mol. The molecule has 114 valence electrons. The Morgan fingerprint density at radius 2 is 2.38 bits per heavy atom. The van der Waals surface area contributed by atoms with Crippen molar-refractivity contribution in [1.29, 1.82) is 5.26 Å². The van der Waals surface area contributed by atoms with Gasteiger partial charge in [0.15, 0.2) is 0 Å². The molecule has 5 nitrogen and oxygen atoms in total. The van der Waals surface area contributed by atoms with Crippen LogP contribution in [0.25, 0.3) is 0 Å². The number of methoxy groups -OCH3 is 1. The Balaban J connectivity index is 2.04. The van der Waals surface area contributed by atoms with Crippen LogP contribution >= 0.6 is 0 Å². The molecule has 1 N–H and O–H groups in total. The van der Waals surface area contributed by atoms with Gasteiger partial charge in [-0.1, -0.05) is 6.07 Å². The molecule has 1 unspecified atom stereocenters. The van der Waals surface area contributed by atoms with Crippen molar-refractivity contribution in [2.75, 3.05) is 44.9 Å². The standard InChI is InChI=1S/C16H23N3O2/c1-13-12-19(6-8-21-13)16-4-3-14(9-15(16)10-17)11-18-5-7-20-2/h3-4,9,13,18H,5-8,11-12H2,1-2H3. The summed E-state index contributed by atoms with van der Waals surface area (Å²) in [4.78, 5) is 2.23. The van der Waals surface area contributed by atoms with Crippen molar-refractivity contribution in [3.05, 3.63) is 29.3 Å². The second-order valence-corrected chi connectivity index (χ2v) is 5.26. The third kappa shape index (κ3) is 4.43. The fourth-order valence-electron chi connectivity index (χ4n) is 2.50. The van der Waals surface area contributed by atoms with Crippen LogP contribution in [0, 0.1) is 11.3 Å². The lowest BCUT2D eigenvalue weighted by Crippen LogP contribution is -2.41. The average molecular weight is 289 g/mol. The van der Waals surface area contributed by atoms with Crippen molar-refractivity contribution in [2.45, 2.75) is 19.6 Å². The Kier molecular flexibility index (Phi) is 6.00. The minimum atomic E-state index is 0.209. The van der Waals surface area contributed by atoms with E-state index < -0.39 is 0 Å². The second-order valence-electron chi connectivity index (χ2n) is 5.26. The molecule has 2 rings (SSSR count). The molecule has 5 heteroatoms. The highest BCUT2D eigenvalue weighted by atomic mass is 16.5. The lowest BCUT2D eigenvalue weighted by Gasteiger charge is -2.33. The smallest absolute Gasteiger partial charge is 0.101 e. The van der Waals surface area contributed by atoms with Gasteiger partial charge in [-0.3, -0.25) is 0 Å². The van der Waals surface area contributed by atoms with Gasteiger partial charge in [-0.05, 0) is 24.6 Å². The fraction of sp³-hybridized carbons (Fsp3) is 0.562. The first-order valence-corrected chi connectivity index (χ1v) is 7.34. The van der Waals surface area contributed by atoms with Crippen LogP contribution in [0.5, 0.6) is 0 Å². The van der Waals surface area contributed by atoms with Crippen LogP contribution < -0.4 is 10.2 Å². The predicted molar refractivity (Wildman–Crippen MR) is 82.4 cm³/mol. The predicted octanol–water partition coefficient (Wildman–Crippen LogP) is 1.52. The molecule has 1 aromatic rings. The molecule has 1 saturated heterocycles. The van der Waals surface area contributed by atoms with Crippen LogP contribution in [0.4, 0.5) is 5.69 Å². The molecular formula is C16H23N3O2. The maximum absolute atomic E-state index is 9.40. The van der Waals surface area contributed by atoms with E-state index in [1.807, 2.05) is 12.1 Å². The van der Waals surface area contributed by atoms with E-state index in [1.165, 1.54) is 0 Å². The SMILES string of the molecule is COCCNCc1ccc(N2CCOC(C)C2)c(C#N)c1. The van der Waals surface area contributed by atoms with Crippen molar-refractivity contribution in [3.63, 3.8) is 0 Å². The van der Waals surface area contributed by atoms with Crippen LogP contribution in [0.15, 0.2) is 18.2 Å². The van der Waals surface area contributed by atoms with Crippen LogP contribution in [0.1, 0.15) is 18.1 Å². The van der Waals surface area contributed by atoms with Gasteiger partial charge >= 0.3 is 0 Å². The van der Waals surface area contributed by atoms with E-state index >= 15 is 0 Å². The third-order valence-electron chi connectivity index (χ3n) is 3.58. The highest BCUT2D eigenvalue weighted by Crippen LogP contribution is 2.23. The van der Waals surface area contributed by atoms with Crippen LogP contribution in [0.3, 0.4) is 0 Å². The molecule has 21 heavy (non-hydrogen) atoms. The van der Waals surface area contributed by atoms with Crippen LogP contribution in [-0.2, 0) is 16.0 Å². The number of hydrogen-bond acceptors (Lipinski definition) is 5. The zero-order chi connectivity index (χ0) is 15.1. The minimum absolute atomic E-state index is 0.209. The fourth-order valence-corrected chi connectivity index (χ4v) is 2.50. The number of morpholine rings is 1. The lowest BCUT2D eigenvalue weighted by atomic mass is 10.1. The molecule has 0 aliphatic carbocycles. The first-order valence-electron chi connectivity index (χ1n) is 7.34. The molecule has 0 aromatic heterocycles. The quantitative estimate of drug-likeness (QED) is 0.805. The minimum Gasteiger partial charge on any atom is -0.383 e. The average Bonchev–Trinajstić information content (AvgIpc) is 2.51. The number of nitrogens with zero attached hydrogens (tertiary/aromatic N) is 2. The summed E-state index contributed by atoms with van der Waals surface area (Å²) >= 11 is 0. The zero-order valence-electron chi connectivity index (χ0n) is 12.8. The van der Waals surface area contributed by atoms with Crippen molar-refractivity contribution in [1.82, 2.24) is 5.32 Å².